The smallest absolute Gasteiger partial charge is 0.326 e. The molecule has 0 aromatic heterocycles. The van der Waals surface area contributed by atoms with Gasteiger partial charge in [0, 0.05) is 0 Å². The van der Waals surface area contributed by atoms with Gasteiger partial charge in [0.1, 0.15) is 6.04 Å². The molecule has 2 atom stereocenters. The van der Waals surface area contributed by atoms with Crippen LogP contribution in [0.1, 0.15) is 40.0 Å². The van der Waals surface area contributed by atoms with Crippen molar-refractivity contribution in [1.82, 2.24) is 10.6 Å². The number of carboxylic acids is 1. The third-order valence-corrected chi connectivity index (χ3v) is 3.03. The molecule has 5 nitrogen and oxygen atoms in total. The second kappa shape index (κ2) is 5.49. The number of aliphatic carboxylic acids is 1. The average Bonchev–Trinajstić information content (AvgIpc) is 2.24. The van der Waals surface area contributed by atoms with E-state index >= 15 is 0 Å². The summed E-state index contributed by atoms with van der Waals surface area (Å²) in [5.41, 5.74) is -0.490. The standard InChI is InChI=1S/C12H22N2O3/c1-12(2,3)9(11(16)17)14-10(15)8-6-4-5-7-13-8/h8-9,13H,4-7H2,1-3H3,(H,14,15)(H,16,17)/t8-,9+/m0/s1. The van der Waals surface area contributed by atoms with Crippen molar-refractivity contribution in [3.05, 3.63) is 0 Å². The average molecular weight is 242 g/mol. The van der Waals surface area contributed by atoms with E-state index in [0.717, 1.165) is 25.8 Å². The summed E-state index contributed by atoms with van der Waals surface area (Å²) in [7, 11) is 0. The van der Waals surface area contributed by atoms with Gasteiger partial charge in [0.2, 0.25) is 5.91 Å². The molecule has 1 amide bonds. The van der Waals surface area contributed by atoms with Crippen molar-refractivity contribution in [3.8, 4) is 0 Å². The fourth-order valence-electron chi connectivity index (χ4n) is 1.97. The van der Waals surface area contributed by atoms with Crippen molar-refractivity contribution < 1.29 is 14.7 Å². The molecule has 3 N–H and O–H groups in total. The van der Waals surface area contributed by atoms with Crippen LogP contribution in [0.5, 0.6) is 0 Å². The van der Waals surface area contributed by atoms with Gasteiger partial charge in [0.15, 0.2) is 0 Å². The first-order valence-electron chi connectivity index (χ1n) is 6.09. The Bertz CT molecular complexity index is 291. The number of nitrogens with one attached hydrogen (secondary N) is 2. The van der Waals surface area contributed by atoms with E-state index in [2.05, 4.69) is 10.6 Å². The lowest BCUT2D eigenvalue weighted by Gasteiger charge is -2.30. The largest absolute Gasteiger partial charge is 0.480 e. The molecule has 0 aromatic carbocycles. The first-order chi connectivity index (χ1) is 7.82. The molecule has 1 aliphatic rings. The Morgan fingerprint density at radius 2 is 2.00 bits per heavy atom. The second-order valence-electron chi connectivity index (χ2n) is 5.65. The van der Waals surface area contributed by atoms with Gasteiger partial charge in [-0.2, -0.15) is 0 Å². The van der Waals surface area contributed by atoms with Gasteiger partial charge in [-0.25, -0.2) is 4.79 Å². The van der Waals surface area contributed by atoms with Gasteiger partial charge < -0.3 is 15.7 Å². The normalized spacial score (nSPS) is 22.9. The predicted molar refractivity (Wildman–Crippen MR) is 64.7 cm³/mol. The van der Waals surface area contributed by atoms with E-state index in [1.165, 1.54) is 0 Å². The third kappa shape index (κ3) is 4.00. The molecule has 1 saturated heterocycles. The van der Waals surface area contributed by atoms with Gasteiger partial charge in [-0.1, -0.05) is 27.2 Å². The summed E-state index contributed by atoms with van der Waals surface area (Å²) in [4.78, 5) is 23.1. The molecule has 0 saturated carbocycles. The Hall–Kier alpha value is -1.10. The first-order valence-corrected chi connectivity index (χ1v) is 6.09. The number of carboxylic acid groups (broad SMARTS) is 1. The van der Waals surface area contributed by atoms with Gasteiger partial charge in [-0.15, -0.1) is 0 Å². The molecular weight excluding hydrogens is 220 g/mol. The van der Waals surface area contributed by atoms with Crippen molar-refractivity contribution in [2.24, 2.45) is 5.41 Å². The van der Waals surface area contributed by atoms with E-state index in [4.69, 9.17) is 5.11 Å². The zero-order valence-electron chi connectivity index (χ0n) is 10.7. The van der Waals surface area contributed by atoms with E-state index in [9.17, 15) is 9.59 Å². The topological polar surface area (TPSA) is 78.4 Å². The maximum atomic E-state index is 11.9. The number of piperidine rings is 1. The molecular formula is C12H22N2O3. The molecule has 1 aliphatic heterocycles. The summed E-state index contributed by atoms with van der Waals surface area (Å²) in [6.45, 7) is 6.24. The van der Waals surface area contributed by atoms with E-state index in [1.54, 1.807) is 20.8 Å². The molecule has 0 spiro atoms. The van der Waals surface area contributed by atoms with E-state index in [0.29, 0.717) is 0 Å². The molecule has 0 radical (unpaired) electrons. The number of amides is 1. The minimum Gasteiger partial charge on any atom is -0.480 e. The lowest BCUT2D eigenvalue weighted by molar-refractivity contribution is -0.145. The van der Waals surface area contributed by atoms with Crippen LogP contribution in [0.3, 0.4) is 0 Å². The lowest BCUT2D eigenvalue weighted by Crippen LogP contribution is -2.55. The van der Waals surface area contributed by atoms with Crippen molar-refractivity contribution in [2.45, 2.75) is 52.1 Å². The number of hydrogen-bond acceptors (Lipinski definition) is 3. The van der Waals surface area contributed by atoms with Crippen LogP contribution >= 0.6 is 0 Å². The van der Waals surface area contributed by atoms with Crippen LogP contribution in [0.4, 0.5) is 0 Å². The van der Waals surface area contributed by atoms with Gasteiger partial charge in [-0.3, -0.25) is 4.79 Å². The highest BCUT2D eigenvalue weighted by Crippen LogP contribution is 2.20. The fraction of sp³-hybridized carbons (Fsp3) is 0.833. The Morgan fingerprint density at radius 1 is 1.35 bits per heavy atom. The molecule has 1 rings (SSSR count). The van der Waals surface area contributed by atoms with Gasteiger partial charge in [-0.05, 0) is 24.8 Å². The van der Waals surface area contributed by atoms with Crippen LogP contribution in [0.15, 0.2) is 0 Å². The van der Waals surface area contributed by atoms with Gasteiger partial charge in [0.25, 0.3) is 0 Å². The molecule has 5 heteroatoms. The molecule has 17 heavy (non-hydrogen) atoms. The molecule has 0 aromatic rings. The highest BCUT2D eigenvalue weighted by atomic mass is 16.4. The fourth-order valence-corrected chi connectivity index (χ4v) is 1.97. The molecule has 0 unspecified atom stereocenters. The Kier molecular flexibility index (Phi) is 4.51. The van der Waals surface area contributed by atoms with Crippen LogP contribution < -0.4 is 10.6 Å². The Morgan fingerprint density at radius 3 is 2.41 bits per heavy atom. The highest BCUT2D eigenvalue weighted by molar-refractivity contribution is 5.87. The minimum atomic E-state index is -0.985. The maximum absolute atomic E-state index is 11.9. The second-order valence-corrected chi connectivity index (χ2v) is 5.65. The van der Waals surface area contributed by atoms with Crippen molar-refractivity contribution in [3.63, 3.8) is 0 Å². The summed E-state index contributed by atoms with van der Waals surface area (Å²) >= 11 is 0. The summed E-state index contributed by atoms with van der Waals surface area (Å²) in [5, 5.41) is 14.9. The van der Waals surface area contributed by atoms with Crippen molar-refractivity contribution in [2.75, 3.05) is 6.54 Å². The summed E-state index contributed by atoms with van der Waals surface area (Å²) in [6, 6.07) is -1.09. The minimum absolute atomic E-state index is 0.202. The Balaban J connectivity index is 2.60. The third-order valence-electron chi connectivity index (χ3n) is 3.03. The zero-order chi connectivity index (χ0) is 13.1. The number of carbonyl (C=O) groups is 2. The van der Waals surface area contributed by atoms with Crippen molar-refractivity contribution >= 4 is 11.9 Å². The van der Waals surface area contributed by atoms with E-state index in [1.807, 2.05) is 0 Å². The number of carbonyl (C=O) groups excluding carboxylic acids is 1. The molecule has 0 bridgehead atoms. The highest BCUT2D eigenvalue weighted by Gasteiger charge is 2.34. The molecule has 1 heterocycles. The van der Waals surface area contributed by atoms with Crippen LogP contribution in [-0.2, 0) is 9.59 Å². The van der Waals surface area contributed by atoms with Crippen molar-refractivity contribution in [1.29, 1.82) is 0 Å². The van der Waals surface area contributed by atoms with E-state index in [-0.39, 0.29) is 11.9 Å². The van der Waals surface area contributed by atoms with Crippen LogP contribution in [0, 0.1) is 5.41 Å². The predicted octanol–water partition coefficient (Wildman–Crippen LogP) is 0.744. The maximum Gasteiger partial charge on any atom is 0.326 e. The van der Waals surface area contributed by atoms with Gasteiger partial charge in [0.05, 0.1) is 6.04 Å². The number of rotatable bonds is 3. The SMILES string of the molecule is CC(C)(C)[C@H](NC(=O)[C@@H]1CCCCN1)C(=O)O. The monoisotopic (exact) mass is 242 g/mol. The Labute approximate surface area is 102 Å². The molecule has 98 valence electrons. The molecule has 1 fully saturated rings. The summed E-state index contributed by atoms with van der Waals surface area (Å²) < 4.78 is 0. The quantitative estimate of drug-likeness (QED) is 0.682. The first kappa shape index (κ1) is 14.0. The van der Waals surface area contributed by atoms with Crippen LogP contribution in [-0.4, -0.2) is 35.6 Å². The van der Waals surface area contributed by atoms with Crippen LogP contribution in [0.25, 0.3) is 0 Å². The molecule has 0 aliphatic carbocycles. The zero-order valence-corrected chi connectivity index (χ0v) is 10.7. The number of hydrogen-bond donors (Lipinski definition) is 3. The summed E-state index contributed by atoms with van der Waals surface area (Å²) in [6.07, 6.45) is 2.87. The van der Waals surface area contributed by atoms with E-state index < -0.39 is 17.4 Å². The lowest BCUT2D eigenvalue weighted by atomic mass is 9.86. The van der Waals surface area contributed by atoms with Crippen LogP contribution in [0.2, 0.25) is 0 Å². The van der Waals surface area contributed by atoms with Gasteiger partial charge >= 0.3 is 5.97 Å². The summed E-state index contributed by atoms with van der Waals surface area (Å²) in [5.74, 6) is -1.19.